The van der Waals surface area contributed by atoms with Crippen LogP contribution in [0.1, 0.15) is 29.7 Å². The van der Waals surface area contributed by atoms with E-state index in [9.17, 15) is 0 Å². The maximum Gasteiger partial charge on any atom is 0.165 e. The molecule has 0 fully saturated rings. The van der Waals surface area contributed by atoms with Crippen molar-refractivity contribution in [1.82, 2.24) is 9.97 Å². The Bertz CT molecular complexity index is 652. The minimum atomic E-state index is 0.618. The fourth-order valence-corrected chi connectivity index (χ4v) is 2.73. The summed E-state index contributed by atoms with van der Waals surface area (Å²) in [6.07, 6.45) is 4.33. The van der Waals surface area contributed by atoms with E-state index < -0.39 is 0 Å². The second-order valence-electron chi connectivity index (χ2n) is 5.27. The van der Waals surface area contributed by atoms with Gasteiger partial charge in [0.05, 0.1) is 12.7 Å². The molecule has 4 heteroatoms. The highest BCUT2D eigenvalue weighted by atomic mass is 16.5. The summed E-state index contributed by atoms with van der Waals surface area (Å²) in [5.41, 5.74) is 10.4. The van der Waals surface area contributed by atoms with E-state index in [1.54, 1.807) is 7.11 Å². The van der Waals surface area contributed by atoms with E-state index >= 15 is 0 Å². The van der Waals surface area contributed by atoms with Gasteiger partial charge in [-0.2, -0.15) is 0 Å². The highest BCUT2D eigenvalue weighted by Crippen LogP contribution is 2.31. The third kappa shape index (κ3) is 2.22. The molecule has 0 unspecified atom stereocenters. The van der Waals surface area contributed by atoms with Crippen molar-refractivity contribution in [1.29, 1.82) is 0 Å². The Hall–Kier alpha value is -2.10. The van der Waals surface area contributed by atoms with Gasteiger partial charge in [-0.1, -0.05) is 6.07 Å². The number of hydrogen-bond donors (Lipinski definition) is 1. The molecule has 0 radical (unpaired) electrons. The molecule has 4 nitrogen and oxygen atoms in total. The third-order valence-electron chi connectivity index (χ3n) is 3.81. The van der Waals surface area contributed by atoms with E-state index in [1.807, 2.05) is 25.1 Å². The summed E-state index contributed by atoms with van der Waals surface area (Å²) in [6, 6.07) is 6.03. The van der Waals surface area contributed by atoms with Crippen molar-refractivity contribution >= 4 is 5.82 Å². The minimum absolute atomic E-state index is 0.618. The SMILES string of the molecule is COc1cc(C)ccc1-c1nc(N)c2c(n1)CCCC2. The van der Waals surface area contributed by atoms with Crippen LogP contribution in [-0.4, -0.2) is 17.1 Å². The number of ether oxygens (including phenoxy) is 1. The second-order valence-corrected chi connectivity index (χ2v) is 5.27. The van der Waals surface area contributed by atoms with E-state index in [0.29, 0.717) is 11.6 Å². The molecule has 0 bridgehead atoms. The van der Waals surface area contributed by atoms with E-state index in [4.69, 9.17) is 15.5 Å². The largest absolute Gasteiger partial charge is 0.496 e. The Balaban J connectivity index is 2.13. The van der Waals surface area contributed by atoms with Crippen molar-refractivity contribution in [3.05, 3.63) is 35.0 Å². The van der Waals surface area contributed by atoms with Gasteiger partial charge >= 0.3 is 0 Å². The molecule has 1 heterocycles. The summed E-state index contributed by atoms with van der Waals surface area (Å²) in [5, 5.41) is 0. The summed E-state index contributed by atoms with van der Waals surface area (Å²) in [4.78, 5) is 9.19. The van der Waals surface area contributed by atoms with Gasteiger partial charge < -0.3 is 10.5 Å². The van der Waals surface area contributed by atoms with Gasteiger partial charge in [-0.05, 0) is 50.3 Å². The lowest BCUT2D eigenvalue weighted by molar-refractivity contribution is 0.416. The van der Waals surface area contributed by atoms with Crippen LogP contribution in [0.2, 0.25) is 0 Å². The monoisotopic (exact) mass is 269 g/mol. The van der Waals surface area contributed by atoms with E-state index in [-0.39, 0.29) is 0 Å². The standard InChI is InChI=1S/C16H19N3O/c1-10-7-8-12(14(9-10)20-2)16-18-13-6-4-3-5-11(13)15(17)19-16/h7-9H,3-6H2,1-2H3,(H2,17,18,19). The van der Waals surface area contributed by atoms with E-state index in [2.05, 4.69) is 4.98 Å². The molecule has 20 heavy (non-hydrogen) atoms. The van der Waals surface area contributed by atoms with Crippen molar-refractivity contribution in [2.45, 2.75) is 32.6 Å². The molecule has 104 valence electrons. The van der Waals surface area contributed by atoms with Crippen molar-refractivity contribution in [2.24, 2.45) is 0 Å². The summed E-state index contributed by atoms with van der Waals surface area (Å²) < 4.78 is 5.44. The van der Waals surface area contributed by atoms with Gasteiger partial charge in [-0.15, -0.1) is 0 Å². The van der Waals surface area contributed by atoms with Crippen LogP contribution >= 0.6 is 0 Å². The lowest BCUT2D eigenvalue weighted by atomic mass is 9.96. The predicted molar refractivity (Wildman–Crippen MR) is 79.8 cm³/mol. The Kier molecular flexibility index (Phi) is 3.30. The molecule has 0 atom stereocenters. The van der Waals surface area contributed by atoms with E-state index in [0.717, 1.165) is 41.0 Å². The van der Waals surface area contributed by atoms with Crippen LogP contribution in [0, 0.1) is 6.92 Å². The first kappa shape index (κ1) is 12.9. The zero-order valence-corrected chi connectivity index (χ0v) is 11.9. The summed E-state index contributed by atoms with van der Waals surface area (Å²) in [6.45, 7) is 2.04. The summed E-state index contributed by atoms with van der Waals surface area (Å²) >= 11 is 0. The molecule has 0 spiro atoms. The van der Waals surface area contributed by atoms with Gasteiger partial charge in [0, 0.05) is 11.3 Å². The van der Waals surface area contributed by atoms with Gasteiger partial charge in [0.2, 0.25) is 0 Å². The Morgan fingerprint density at radius 1 is 1.15 bits per heavy atom. The molecule has 1 aromatic heterocycles. The zero-order chi connectivity index (χ0) is 14.1. The number of methoxy groups -OCH3 is 1. The number of benzene rings is 1. The van der Waals surface area contributed by atoms with Crippen molar-refractivity contribution in [3.63, 3.8) is 0 Å². The molecule has 3 rings (SSSR count). The molecule has 1 aromatic carbocycles. The molecule has 0 saturated heterocycles. The summed E-state index contributed by atoms with van der Waals surface area (Å²) in [7, 11) is 1.67. The van der Waals surface area contributed by atoms with Crippen LogP contribution < -0.4 is 10.5 Å². The van der Waals surface area contributed by atoms with Gasteiger partial charge in [0.1, 0.15) is 11.6 Å². The van der Waals surface area contributed by atoms with Crippen molar-refractivity contribution < 1.29 is 4.74 Å². The molecular formula is C16H19N3O. The molecule has 2 N–H and O–H groups in total. The van der Waals surface area contributed by atoms with Crippen molar-refractivity contribution in [2.75, 3.05) is 12.8 Å². The Morgan fingerprint density at radius 3 is 2.75 bits per heavy atom. The topological polar surface area (TPSA) is 61.0 Å². The average molecular weight is 269 g/mol. The molecule has 2 aromatic rings. The number of nitrogens with two attached hydrogens (primary N) is 1. The third-order valence-corrected chi connectivity index (χ3v) is 3.81. The first-order chi connectivity index (χ1) is 9.69. The van der Waals surface area contributed by atoms with Crippen LogP contribution in [0.25, 0.3) is 11.4 Å². The smallest absolute Gasteiger partial charge is 0.165 e. The predicted octanol–water partition coefficient (Wildman–Crippen LogP) is 2.92. The number of fused-ring (bicyclic) bond motifs is 1. The first-order valence-electron chi connectivity index (χ1n) is 6.99. The highest BCUT2D eigenvalue weighted by Gasteiger charge is 2.18. The number of nitrogens with zero attached hydrogens (tertiary/aromatic N) is 2. The molecule has 0 amide bonds. The van der Waals surface area contributed by atoms with Gasteiger partial charge in [-0.3, -0.25) is 0 Å². The number of hydrogen-bond acceptors (Lipinski definition) is 4. The minimum Gasteiger partial charge on any atom is -0.496 e. The number of nitrogen functional groups attached to an aromatic ring is 1. The maximum absolute atomic E-state index is 6.11. The number of aromatic nitrogens is 2. The molecule has 1 aliphatic carbocycles. The number of aryl methyl sites for hydroxylation is 2. The molecular weight excluding hydrogens is 250 g/mol. The normalized spacial score (nSPS) is 13.9. The quantitative estimate of drug-likeness (QED) is 0.910. The second kappa shape index (κ2) is 5.12. The number of rotatable bonds is 2. The lowest BCUT2D eigenvalue weighted by Crippen LogP contribution is -2.12. The molecule has 0 saturated carbocycles. The zero-order valence-electron chi connectivity index (χ0n) is 11.9. The van der Waals surface area contributed by atoms with E-state index in [1.165, 1.54) is 12.8 Å². The van der Waals surface area contributed by atoms with Gasteiger partial charge in [0.15, 0.2) is 5.82 Å². The Labute approximate surface area is 119 Å². The van der Waals surface area contributed by atoms with Crippen LogP contribution in [0.3, 0.4) is 0 Å². The fraction of sp³-hybridized carbons (Fsp3) is 0.375. The fourth-order valence-electron chi connectivity index (χ4n) is 2.73. The van der Waals surface area contributed by atoms with Crippen LogP contribution in [0.15, 0.2) is 18.2 Å². The first-order valence-corrected chi connectivity index (χ1v) is 6.99. The van der Waals surface area contributed by atoms with Gasteiger partial charge in [0.25, 0.3) is 0 Å². The molecule has 1 aliphatic rings. The van der Waals surface area contributed by atoms with Crippen LogP contribution in [0.5, 0.6) is 5.75 Å². The highest BCUT2D eigenvalue weighted by molar-refractivity contribution is 5.67. The van der Waals surface area contributed by atoms with Crippen LogP contribution in [0.4, 0.5) is 5.82 Å². The Morgan fingerprint density at radius 2 is 1.95 bits per heavy atom. The maximum atomic E-state index is 6.11. The lowest BCUT2D eigenvalue weighted by Gasteiger charge is -2.18. The molecule has 0 aliphatic heterocycles. The van der Waals surface area contributed by atoms with Crippen LogP contribution in [-0.2, 0) is 12.8 Å². The van der Waals surface area contributed by atoms with Gasteiger partial charge in [-0.25, -0.2) is 9.97 Å². The summed E-state index contributed by atoms with van der Waals surface area (Å²) in [5.74, 6) is 2.08. The number of anilines is 1. The van der Waals surface area contributed by atoms with Crippen molar-refractivity contribution in [3.8, 4) is 17.1 Å². The average Bonchev–Trinajstić information content (AvgIpc) is 2.47.